The third kappa shape index (κ3) is 2.99. The third-order valence-corrected chi connectivity index (χ3v) is 2.29. The van der Waals surface area contributed by atoms with Gasteiger partial charge in [-0.3, -0.25) is 0 Å². The van der Waals surface area contributed by atoms with Crippen LogP contribution in [0.1, 0.15) is 19.8 Å². The van der Waals surface area contributed by atoms with Crippen molar-refractivity contribution in [2.24, 2.45) is 5.41 Å². The van der Waals surface area contributed by atoms with Gasteiger partial charge in [-0.05, 0) is 18.9 Å². The molecule has 0 aliphatic carbocycles. The van der Waals surface area contributed by atoms with Gasteiger partial charge < -0.3 is 20.4 Å². The molecule has 0 spiro atoms. The molecule has 0 aromatic heterocycles. The van der Waals surface area contributed by atoms with Crippen molar-refractivity contribution in [2.45, 2.75) is 19.8 Å². The average Bonchev–Trinajstić information content (AvgIpc) is 2.18. The minimum atomic E-state index is -0.949. The summed E-state index contributed by atoms with van der Waals surface area (Å²) < 4.78 is 0. The monoisotopic (exact) mass is 190 g/mol. The molecule has 0 rings (SSSR count). The first kappa shape index (κ1) is 12.4. The van der Waals surface area contributed by atoms with E-state index in [-0.39, 0.29) is 25.6 Å². The fourth-order valence-corrected chi connectivity index (χ4v) is 1.03. The molecule has 13 heavy (non-hydrogen) atoms. The molecule has 0 saturated carbocycles. The lowest BCUT2D eigenvalue weighted by Gasteiger charge is -2.27. The summed E-state index contributed by atoms with van der Waals surface area (Å²) in [4.78, 5) is 0. The van der Waals surface area contributed by atoms with E-state index in [1.54, 1.807) is 6.92 Å². The fraction of sp³-hybridized carbons (Fsp3) is 0.778. The highest BCUT2D eigenvalue weighted by atomic mass is 16.3. The molecule has 4 heteroatoms. The van der Waals surface area contributed by atoms with Gasteiger partial charge in [0.1, 0.15) is 0 Å². The number of aliphatic hydroxyl groups excluding tert-OH is 4. The predicted octanol–water partition coefficient (Wildman–Crippen LogP) is 0.192. The second kappa shape index (κ2) is 5.96. The van der Waals surface area contributed by atoms with Crippen molar-refractivity contribution >= 4 is 0 Å². The standard InChI is InChI=1S/C9H18O4/c1-2-9(6-11,7-12)8(13)4-3-5-10/h4,10-13H,2-3,5-7H2,1H3. The fourth-order valence-electron chi connectivity index (χ4n) is 1.03. The van der Waals surface area contributed by atoms with E-state index in [0.717, 1.165) is 0 Å². The van der Waals surface area contributed by atoms with Gasteiger partial charge in [0.15, 0.2) is 0 Å². The summed E-state index contributed by atoms with van der Waals surface area (Å²) in [6, 6.07) is 0. The number of hydrogen-bond acceptors (Lipinski definition) is 4. The van der Waals surface area contributed by atoms with Crippen LogP contribution in [-0.2, 0) is 0 Å². The van der Waals surface area contributed by atoms with E-state index in [1.807, 2.05) is 0 Å². The Morgan fingerprint density at radius 1 is 1.23 bits per heavy atom. The quantitative estimate of drug-likeness (QED) is 0.451. The Hall–Kier alpha value is -0.580. The van der Waals surface area contributed by atoms with Crippen molar-refractivity contribution < 1.29 is 20.4 Å². The van der Waals surface area contributed by atoms with Crippen LogP contribution in [-0.4, -0.2) is 40.2 Å². The zero-order valence-corrected chi connectivity index (χ0v) is 7.90. The molecular weight excluding hydrogens is 172 g/mol. The SMILES string of the molecule is CCC(CO)(CO)C(O)=CCCO. The normalized spacial score (nSPS) is 13.4. The van der Waals surface area contributed by atoms with E-state index in [4.69, 9.17) is 15.3 Å². The summed E-state index contributed by atoms with van der Waals surface area (Å²) in [7, 11) is 0. The molecule has 0 heterocycles. The van der Waals surface area contributed by atoms with Crippen molar-refractivity contribution in [1.82, 2.24) is 0 Å². The molecule has 0 fully saturated rings. The highest BCUT2D eigenvalue weighted by molar-refractivity contribution is 5.06. The number of rotatable bonds is 6. The lowest BCUT2D eigenvalue weighted by molar-refractivity contribution is 0.0459. The van der Waals surface area contributed by atoms with Crippen LogP contribution in [0.2, 0.25) is 0 Å². The van der Waals surface area contributed by atoms with Gasteiger partial charge in [0.25, 0.3) is 0 Å². The van der Waals surface area contributed by atoms with Crippen LogP contribution in [0, 0.1) is 5.41 Å². The zero-order chi connectivity index (χ0) is 10.3. The third-order valence-electron chi connectivity index (χ3n) is 2.29. The Labute approximate surface area is 78.1 Å². The van der Waals surface area contributed by atoms with E-state index in [9.17, 15) is 5.11 Å². The van der Waals surface area contributed by atoms with E-state index < -0.39 is 5.41 Å². The van der Waals surface area contributed by atoms with Crippen molar-refractivity contribution in [3.63, 3.8) is 0 Å². The Morgan fingerprint density at radius 3 is 2.08 bits per heavy atom. The predicted molar refractivity (Wildman–Crippen MR) is 49.3 cm³/mol. The van der Waals surface area contributed by atoms with Crippen LogP contribution in [0.25, 0.3) is 0 Å². The Balaban J connectivity index is 4.52. The highest BCUT2D eigenvalue weighted by Crippen LogP contribution is 2.28. The second-order valence-corrected chi connectivity index (χ2v) is 3.05. The molecule has 0 saturated heterocycles. The van der Waals surface area contributed by atoms with E-state index in [1.165, 1.54) is 6.08 Å². The lowest BCUT2D eigenvalue weighted by Crippen LogP contribution is -2.31. The largest absolute Gasteiger partial charge is 0.512 e. The van der Waals surface area contributed by atoms with Gasteiger partial charge in [0.2, 0.25) is 0 Å². The van der Waals surface area contributed by atoms with Gasteiger partial charge in [0, 0.05) is 6.61 Å². The summed E-state index contributed by atoms with van der Waals surface area (Å²) in [5.41, 5.74) is -0.949. The van der Waals surface area contributed by atoms with Crippen LogP contribution in [0.5, 0.6) is 0 Å². The first-order valence-corrected chi connectivity index (χ1v) is 4.39. The maximum atomic E-state index is 9.52. The highest BCUT2D eigenvalue weighted by Gasteiger charge is 2.31. The summed E-state index contributed by atoms with van der Waals surface area (Å²) in [5.74, 6) is -0.0472. The van der Waals surface area contributed by atoms with Gasteiger partial charge in [-0.2, -0.15) is 0 Å². The average molecular weight is 190 g/mol. The molecule has 0 aliphatic rings. The molecule has 0 unspecified atom stereocenters. The van der Waals surface area contributed by atoms with E-state index in [0.29, 0.717) is 12.8 Å². The minimum Gasteiger partial charge on any atom is -0.512 e. The smallest absolute Gasteiger partial charge is 0.0991 e. The first-order chi connectivity index (χ1) is 6.16. The van der Waals surface area contributed by atoms with Crippen LogP contribution >= 0.6 is 0 Å². The second-order valence-electron chi connectivity index (χ2n) is 3.05. The van der Waals surface area contributed by atoms with Gasteiger partial charge >= 0.3 is 0 Å². The zero-order valence-electron chi connectivity index (χ0n) is 7.90. The van der Waals surface area contributed by atoms with Crippen molar-refractivity contribution in [2.75, 3.05) is 19.8 Å². The Morgan fingerprint density at radius 2 is 1.77 bits per heavy atom. The molecule has 0 atom stereocenters. The van der Waals surface area contributed by atoms with Crippen LogP contribution in [0.4, 0.5) is 0 Å². The maximum absolute atomic E-state index is 9.52. The minimum absolute atomic E-state index is 0.0472. The van der Waals surface area contributed by atoms with Gasteiger partial charge in [-0.15, -0.1) is 0 Å². The molecule has 0 aliphatic heterocycles. The van der Waals surface area contributed by atoms with Gasteiger partial charge in [0.05, 0.1) is 24.4 Å². The van der Waals surface area contributed by atoms with Crippen LogP contribution < -0.4 is 0 Å². The summed E-state index contributed by atoms with van der Waals surface area (Å²) in [6.07, 6.45) is 2.21. The molecule has 4 N–H and O–H groups in total. The summed E-state index contributed by atoms with van der Waals surface area (Å²) in [5, 5.41) is 36.1. The topological polar surface area (TPSA) is 80.9 Å². The molecule has 0 radical (unpaired) electrons. The van der Waals surface area contributed by atoms with Crippen LogP contribution in [0.15, 0.2) is 11.8 Å². The Bertz CT molecular complexity index is 153. The molecule has 0 bridgehead atoms. The van der Waals surface area contributed by atoms with Crippen molar-refractivity contribution in [3.8, 4) is 0 Å². The molecule has 4 nitrogen and oxygen atoms in total. The van der Waals surface area contributed by atoms with Gasteiger partial charge in [-0.25, -0.2) is 0 Å². The van der Waals surface area contributed by atoms with Crippen molar-refractivity contribution in [1.29, 1.82) is 0 Å². The number of hydrogen-bond donors (Lipinski definition) is 4. The van der Waals surface area contributed by atoms with E-state index in [2.05, 4.69) is 0 Å². The molecule has 78 valence electrons. The molecule has 0 aromatic rings. The maximum Gasteiger partial charge on any atom is 0.0991 e. The van der Waals surface area contributed by atoms with Gasteiger partial charge in [-0.1, -0.05) is 6.92 Å². The molecule has 0 aromatic carbocycles. The summed E-state index contributed by atoms with van der Waals surface area (Å²) >= 11 is 0. The lowest BCUT2D eigenvalue weighted by atomic mass is 9.84. The summed E-state index contributed by atoms with van der Waals surface area (Å²) in [6.45, 7) is 1.12. The molecular formula is C9H18O4. The number of aliphatic hydroxyl groups is 4. The Kier molecular flexibility index (Phi) is 5.70. The first-order valence-electron chi connectivity index (χ1n) is 4.39. The van der Waals surface area contributed by atoms with Crippen LogP contribution in [0.3, 0.4) is 0 Å². The molecule has 0 amide bonds. The van der Waals surface area contributed by atoms with E-state index >= 15 is 0 Å². The van der Waals surface area contributed by atoms with Crippen molar-refractivity contribution in [3.05, 3.63) is 11.8 Å².